The molecule has 1 unspecified atom stereocenters. The Hall–Kier alpha value is -0.630. The van der Waals surface area contributed by atoms with Crippen molar-refractivity contribution >= 4 is 12.7 Å². The number of benzene rings is 1. The van der Waals surface area contributed by atoms with Gasteiger partial charge in [0, 0.05) is 11.5 Å². The second kappa shape index (κ2) is 5.40. The molecule has 1 N–H and O–H groups in total. The molecule has 1 saturated carbocycles. The second-order valence-corrected chi connectivity index (χ2v) is 8.37. The van der Waals surface area contributed by atoms with Crippen molar-refractivity contribution in [1.82, 2.24) is 0 Å². The lowest BCUT2D eigenvalue weighted by molar-refractivity contribution is 0.129. The van der Waals surface area contributed by atoms with Crippen LogP contribution in [-0.4, -0.2) is 23.0 Å². The zero-order valence-corrected chi connectivity index (χ0v) is 12.8. The minimum atomic E-state index is -2.87. The highest BCUT2D eigenvalue weighted by atomic mass is 31.2. The Kier molecular flexibility index (Phi) is 4.20. The molecule has 0 spiro atoms. The van der Waals surface area contributed by atoms with Crippen LogP contribution in [0.15, 0.2) is 30.3 Å². The number of hydrogen-bond acceptors (Lipinski definition) is 3. The van der Waals surface area contributed by atoms with E-state index in [4.69, 9.17) is 4.52 Å². The van der Waals surface area contributed by atoms with E-state index in [-0.39, 0.29) is 6.10 Å². The number of aliphatic hydroxyl groups is 1. The summed E-state index contributed by atoms with van der Waals surface area (Å²) in [6.45, 7) is 5.81. The highest BCUT2D eigenvalue weighted by Gasteiger charge is 2.50. The Balaban J connectivity index is 2.13. The maximum Gasteiger partial charge on any atom is 0.232 e. The summed E-state index contributed by atoms with van der Waals surface area (Å²) in [5.41, 5.74) is -0.620. The predicted molar refractivity (Wildman–Crippen MR) is 78.1 cm³/mol. The normalized spacial score (nSPS) is 29.2. The van der Waals surface area contributed by atoms with E-state index in [2.05, 4.69) is 0 Å². The van der Waals surface area contributed by atoms with Crippen molar-refractivity contribution in [2.45, 2.75) is 45.3 Å². The van der Waals surface area contributed by atoms with Crippen molar-refractivity contribution in [2.24, 2.45) is 5.92 Å². The van der Waals surface area contributed by atoms with Crippen LogP contribution in [0.5, 0.6) is 0 Å². The van der Waals surface area contributed by atoms with Crippen LogP contribution in [0.4, 0.5) is 0 Å². The third-order valence-corrected chi connectivity index (χ3v) is 6.45. The van der Waals surface area contributed by atoms with E-state index < -0.39 is 13.0 Å². The summed E-state index contributed by atoms with van der Waals surface area (Å²) < 4.78 is 18.8. The topological polar surface area (TPSA) is 46.5 Å². The van der Waals surface area contributed by atoms with Gasteiger partial charge in [0.15, 0.2) is 0 Å². The van der Waals surface area contributed by atoms with Crippen LogP contribution in [0.2, 0.25) is 0 Å². The molecule has 1 fully saturated rings. The largest absolute Gasteiger partial charge is 0.390 e. The van der Waals surface area contributed by atoms with Gasteiger partial charge in [0.05, 0.1) is 11.7 Å². The third kappa shape index (κ3) is 3.47. The van der Waals surface area contributed by atoms with Gasteiger partial charge in [0.2, 0.25) is 7.37 Å². The highest BCUT2D eigenvalue weighted by molar-refractivity contribution is 7.67. The molecule has 0 bridgehead atoms. The quantitative estimate of drug-likeness (QED) is 0.815. The summed E-state index contributed by atoms with van der Waals surface area (Å²) in [6, 6.07) is 9.35. The Morgan fingerprint density at radius 2 is 2.00 bits per heavy atom. The first kappa shape index (κ1) is 14.8. The fourth-order valence-corrected chi connectivity index (χ4v) is 4.87. The van der Waals surface area contributed by atoms with Gasteiger partial charge in [-0.25, -0.2) is 0 Å². The molecule has 0 radical (unpaired) electrons. The molecule has 0 amide bonds. The molecule has 1 aliphatic rings. The van der Waals surface area contributed by atoms with Crippen molar-refractivity contribution in [3.8, 4) is 0 Å². The molecule has 0 saturated heterocycles. The zero-order valence-electron chi connectivity index (χ0n) is 11.9. The number of rotatable bonds is 6. The SMILES string of the molecule is CC(C)OP(=O)(CC[C@]1(O)C[C@@H]1C)c1ccccc1. The predicted octanol–water partition coefficient (Wildman–Crippen LogP) is 3.18. The molecule has 4 heteroatoms. The van der Waals surface area contributed by atoms with E-state index in [0.29, 0.717) is 18.5 Å². The molecule has 3 nitrogen and oxygen atoms in total. The minimum absolute atomic E-state index is 0.0858. The Morgan fingerprint density at radius 3 is 2.47 bits per heavy atom. The molecular formula is C15H23O3P. The van der Waals surface area contributed by atoms with Crippen molar-refractivity contribution in [3.05, 3.63) is 30.3 Å². The lowest BCUT2D eigenvalue weighted by Crippen LogP contribution is -2.19. The van der Waals surface area contributed by atoms with Crippen molar-refractivity contribution in [2.75, 3.05) is 6.16 Å². The fraction of sp³-hybridized carbons (Fsp3) is 0.600. The molecule has 0 aliphatic heterocycles. The Bertz CT molecular complexity index is 472. The summed E-state index contributed by atoms with van der Waals surface area (Å²) in [7, 11) is -2.87. The first-order valence-corrected chi connectivity index (χ1v) is 8.72. The van der Waals surface area contributed by atoms with Gasteiger partial charge in [-0.05, 0) is 44.7 Å². The molecule has 3 atom stereocenters. The van der Waals surface area contributed by atoms with E-state index in [1.807, 2.05) is 51.1 Å². The zero-order chi connectivity index (χ0) is 14.1. The monoisotopic (exact) mass is 282 g/mol. The van der Waals surface area contributed by atoms with E-state index >= 15 is 0 Å². The average Bonchev–Trinajstić information content (AvgIpc) is 2.96. The van der Waals surface area contributed by atoms with Gasteiger partial charge in [-0.2, -0.15) is 0 Å². The van der Waals surface area contributed by atoms with Gasteiger partial charge in [-0.15, -0.1) is 0 Å². The van der Waals surface area contributed by atoms with Gasteiger partial charge in [-0.3, -0.25) is 4.57 Å². The fourth-order valence-electron chi connectivity index (χ4n) is 2.40. The minimum Gasteiger partial charge on any atom is -0.390 e. The lowest BCUT2D eigenvalue weighted by Gasteiger charge is -2.22. The Labute approximate surface area is 115 Å². The molecule has 0 heterocycles. The summed E-state index contributed by atoms with van der Waals surface area (Å²) in [5, 5.41) is 10.9. The molecule has 1 aromatic carbocycles. The van der Waals surface area contributed by atoms with Crippen LogP contribution in [-0.2, 0) is 9.09 Å². The van der Waals surface area contributed by atoms with E-state index in [0.717, 1.165) is 11.7 Å². The van der Waals surface area contributed by atoms with Crippen LogP contribution in [0.1, 0.15) is 33.6 Å². The Morgan fingerprint density at radius 1 is 1.42 bits per heavy atom. The van der Waals surface area contributed by atoms with E-state index in [1.165, 1.54) is 0 Å². The average molecular weight is 282 g/mol. The van der Waals surface area contributed by atoms with Gasteiger partial charge in [0.25, 0.3) is 0 Å². The highest BCUT2D eigenvalue weighted by Crippen LogP contribution is 2.53. The lowest BCUT2D eigenvalue weighted by atomic mass is 10.2. The molecule has 1 aliphatic carbocycles. The van der Waals surface area contributed by atoms with Crippen LogP contribution in [0.3, 0.4) is 0 Å². The summed E-state index contributed by atoms with van der Waals surface area (Å²) in [4.78, 5) is 0. The van der Waals surface area contributed by atoms with Crippen molar-refractivity contribution in [1.29, 1.82) is 0 Å². The summed E-state index contributed by atoms with van der Waals surface area (Å²) in [6.07, 6.45) is 1.68. The summed E-state index contributed by atoms with van der Waals surface area (Å²) in [5.74, 6) is 0.316. The van der Waals surface area contributed by atoms with Crippen LogP contribution < -0.4 is 5.30 Å². The maximum atomic E-state index is 13.1. The van der Waals surface area contributed by atoms with Gasteiger partial charge in [-0.1, -0.05) is 25.1 Å². The van der Waals surface area contributed by atoms with Crippen LogP contribution in [0, 0.1) is 5.92 Å². The first-order chi connectivity index (χ1) is 8.86. The van der Waals surface area contributed by atoms with Crippen molar-refractivity contribution in [3.63, 3.8) is 0 Å². The smallest absolute Gasteiger partial charge is 0.232 e. The molecule has 2 rings (SSSR count). The van der Waals surface area contributed by atoms with Crippen LogP contribution in [0.25, 0.3) is 0 Å². The van der Waals surface area contributed by atoms with Crippen molar-refractivity contribution < 1.29 is 14.2 Å². The number of hydrogen-bond donors (Lipinski definition) is 1. The summed E-state index contributed by atoms with van der Waals surface area (Å²) >= 11 is 0. The molecule has 0 aromatic heterocycles. The second-order valence-electron chi connectivity index (χ2n) is 5.85. The van der Waals surface area contributed by atoms with Gasteiger partial charge >= 0.3 is 0 Å². The van der Waals surface area contributed by atoms with Gasteiger partial charge in [0.1, 0.15) is 0 Å². The maximum absolute atomic E-state index is 13.1. The molecule has 106 valence electrons. The third-order valence-electron chi connectivity index (χ3n) is 3.79. The molecule has 19 heavy (non-hydrogen) atoms. The van der Waals surface area contributed by atoms with Gasteiger partial charge < -0.3 is 9.63 Å². The van der Waals surface area contributed by atoms with Crippen LogP contribution >= 0.6 is 7.37 Å². The molecular weight excluding hydrogens is 259 g/mol. The standard InChI is InChI=1S/C15H23O3P/c1-12(2)18-19(17,14-7-5-4-6-8-14)10-9-15(16)11-13(15)3/h4-8,12-13,16H,9-11H2,1-3H3/t13-,15-,19?/m0/s1. The molecule has 1 aromatic rings. The van der Waals surface area contributed by atoms with E-state index in [9.17, 15) is 9.67 Å². The van der Waals surface area contributed by atoms with E-state index in [1.54, 1.807) is 0 Å². The first-order valence-electron chi connectivity index (χ1n) is 6.91.